The summed E-state index contributed by atoms with van der Waals surface area (Å²) in [7, 11) is 0. The minimum atomic E-state index is -0.0452. The Kier molecular flexibility index (Phi) is 3.06. The molecule has 4 rings (SSSR count). The summed E-state index contributed by atoms with van der Waals surface area (Å²) in [5, 5.41) is 11.9. The Morgan fingerprint density at radius 1 is 0.864 bits per heavy atom. The molecule has 2 aromatic heterocycles. The maximum absolute atomic E-state index is 9.75. The summed E-state index contributed by atoms with van der Waals surface area (Å²) in [5.41, 5.74) is 4.39. The zero-order valence-electron chi connectivity index (χ0n) is 11.9. The molecular weight excluding hydrogens is 272 g/mol. The van der Waals surface area contributed by atoms with E-state index in [1.54, 1.807) is 6.20 Å². The molecule has 0 unspecified atom stereocenters. The maximum Gasteiger partial charge on any atom is 0.0796 e. The molecule has 1 N–H and O–H groups in total. The van der Waals surface area contributed by atoms with Gasteiger partial charge in [0, 0.05) is 28.1 Å². The van der Waals surface area contributed by atoms with Crippen molar-refractivity contribution < 1.29 is 5.11 Å². The van der Waals surface area contributed by atoms with Crippen LogP contribution >= 0.6 is 0 Å². The van der Waals surface area contributed by atoms with Gasteiger partial charge in [-0.1, -0.05) is 42.5 Å². The van der Waals surface area contributed by atoms with Gasteiger partial charge >= 0.3 is 0 Å². The molecule has 2 aromatic carbocycles. The average Bonchev–Trinajstić information content (AvgIpc) is 2.60. The second-order valence-corrected chi connectivity index (χ2v) is 5.23. The van der Waals surface area contributed by atoms with Gasteiger partial charge in [0.25, 0.3) is 0 Å². The number of hydrogen-bond acceptors (Lipinski definition) is 3. The molecule has 0 bridgehead atoms. The van der Waals surface area contributed by atoms with Crippen LogP contribution in [0.1, 0.15) is 5.56 Å². The Labute approximate surface area is 127 Å². The molecule has 0 fully saturated rings. The van der Waals surface area contributed by atoms with E-state index in [4.69, 9.17) is 4.98 Å². The van der Waals surface area contributed by atoms with Crippen LogP contribution in [0.3, 0.4) is 0 Å². The molecule has 0 saturated carbocycles. The first-order valence-corrected chi connectivity index (χ1v) is 7.20. The number of fused-ring (bicyclic) bond motifs is 2. The van der Waals surface area contributed by atoms with Gasteiger partial charge in [0.2, 0.25) is 0 Å². The Morgan fingerprint density at radius 2 is 1.68 bits per heavy atom. The van der Waals surface area contributed by atoms with Crippen LogP contribution in [-0.2, 0) is 6.61 Å². The quantitative estimate of drug-likeness (QED) is 0.607. The number of aliphatic hydroxyl groups is 1. The summed E-state index contributed by atoms with van der Waals surface area (Å²) in [6.45, 7) is -0.0452. The second kappa shape index (κ2) is 5.20. The SMILES string of the molecule is OCc1cc2ccccc2nc1-c1cccc2cccnc12. The van der Waals surface area contributed by atoms with E-state index in [1.165, 1.54) is 0 Å². The van der Waals surface area contributed by atoms with E-state index in [0.29, 0.717) is 0 Å². The number of pyridine rings is 2. The number of aromatic nitrogens is 2. The minimum Gasteiger partial charge on any atom is -0.392 e. The van der Waals surface area contributed by atoms with Crippen LogP contribution in [0.4, 0.5) is 0 Å². The molecule has 106 valence electrons. The highest BCUT2D eigenvalue weighted by molar-refractivity contribution is 5.95. The molecule has 0 aliphatic rings. The van der Waals surface area contributed by atoms with Crippen molar-refractivity contribution in [3.63, 3.8) is 0 Å². The lowest BCUT2D eigenvalue weighted by atomic mass is 10.0. The fraction of sp³-hybridized carbons (Fsp3) is 0.0526. The van der Waals surface area contributed by atoms with Crippen molar-refractivity contribution in [3.8, 4) is 11.3 Å². The molecule has 3 heteroatoms. The Bertz CT molecular complexity index is 974. The van der Waals surface area contributed by atoms with Gasteiger partial charge in [-0.05, 0) is 18.2 Å². The molecule has 0 aliphatic heterocycles. The van der Waals surface area contributed by atoms with Crippen LogP contribution in [0, 0.1) is 0 Å². The number of hydrogen-bond donors (Lipinski definition) is 1. The third-order valence-electron chi connectivity index (χ3n) is 3.86. The number of nitrogens with zero attached hydrogens (tertiary/aromatic N) is 2. The average molecular weight is 286 g/mol. The molecule has 0 atom stereocenters. The van der Waals surface area contributed by atoms with E-state index in [-0.39, 0.29) is 6.61 Å². The first kappa shape index (κ1) is 12.9. The van der Waals surface area contributed by atoms with Crippen molar-refractivity contribution in [2.45, 2.75) is 6.61 Å². The van der Waals surface area contributed by atoms with Gasteiger partial charge in [0.1, 0.15) is 0 Å². The van der Waals surface area contributed by atoms with E-state index in [2.05, 4.69) is 4.98 Å². The van der Waals surface area contributed by atoms with Crippen molar-refractivity contribution in [1.29, 1.82) is 0 Å². The van der Waals surface area contributed by atoms with E-state index >= 15 is 0 Å². The molecular formula is C19H14N2O. The smallest absolute Gasteiger partial charge is 0.0796 e. The summed E-state index contributed by atoms with van der Waals surface area (Å²) in [4.78, 5) is 9.26. The van der Waals surface area contributed by atoms with E-state index < -0.39 is 0 Å². The molecule has 0 spiro atoms. The lowest BCUT2D eigenvalue weighted by Crippen LogP contribution is -1.96. The molecule has 0 amide bonds. The van der Waals surface area contributed by atoms with Crippen LogP contribution < -0.4 is 0 Å². The van der Waals surface area contributed by atoms with Crippen LogP contribution in [0.2, 0.25) is 0 Å². The Morgan fingerprint density at radius 3 is 2.59 bits per heavy atom. The number of rotatable bonds is 2. The Balaban J connectivity index is 2.07. The zero-order valence-corrected chi connectivity index (χ0v) is 11.9. The zero-order chi connectivity index (χ0) is 14.9. The number of benzene rings is 2. The fourth-order valence-electron chi connectivity index (χ4n) is 2.81. The van der Waals surface area contributed by atoms with Gasteiger partial charge in [-0.15, -0.1) is 0 Å². The summed E-state index contributed by atoms with van der Waals surface area (Å²) < 4.78 is 0. The van der Waals surface area contributed by atoms with Crippen molar-refractivity contribution in [2.24, 2.45) is 0 Å². The monoisotopic (exact) mass is 286 g/mol. The molecule has 0 radical (unpaired) electrons. The highest BCUT2D eigenvalue weighted by Crippen LogP contribution is 2.30. The normalized spacial score (nSPS) is 11.1. The molecule has 4 aromatic rings. The summed E-state index contributed by atoms with van der Waals surface area (Å²) in [6.07, 6.45) is 1.78. The predicted molar refractivity (Wildman–Crippen MR) is 88.4 cm³/mol. The van der Waals surface area contributed by atoms with Gasteiger partial charge in [-0.2, -0.15) is 0 Å². The largest absolute Gasteiger partial charge is 0.392 e. The summed E-state index contributed by atoms with van der Waals surface area (Å²) >= 11 is 0. The van der Waals surface area contributed by atoms with Gasteiger partial charge in [0.05, 0.1) is 23.3 Å². The third-order valence-corrected chi connectivity index (χ3v) is 3.86. The van der Waals surface area contributed by atoms with Gasteiger partial charge in [-0.25, -0.2) is 4.98 Å². The highest BCUT2D eigenvalue weighted by atomic mass is 16.3. The third kappa shape index (κ3) is 2.03. The van der Waals surface area contributed by atoms with Crippen LogP contribution in [0.15, 0.2) is 66.9 Å². The van der Waals surface area contributed by atoms with E-state index in [9.17, 15) is 5.11 Å². The van der Waals surface area contributed by atoms with Gasteiger partial charge in [0.15, 0.2) is 0 Å². The lowest BCUT2D eigenvalue weighted by molar-refractivity contribution is 0.282. The fourth-order valence-corrected chi connectivity index (χ4v) is 2.81. The van der Waals surface area contributed by atoms with E-state index in [0.717, 1.165) is 38.6 Å². The number of para-hydroxylation sites is 2. The lowest BCUT2D eigenvalue weighted by Gasteiger charge is -2.11. The first-order chi connectivity index (χ1) is 10.9. The van der Waals surface area contributed by atoms with Gasteiger partial charge < -0.3 is 5.11 Å². The predicted octanol–water partition coefficient (Wildman–Crippen LogP) is 3.94. The van der Waals surface area contributed by atoms with Crippen molar-refractivity contribution in [1.82, 2.24) is 9.97 Å². The van der Waals surface area contributed by atoms with E-state index in [1.807, 2.05) is 60.7 Å². The maximum atomic E-state index is 9.75. The second-order valence-electron chi connectivity index (χ2n) is 5.23. The van der Waals surface area contributed by atoms with Crippen LogP contribution in [0.5, 0.6) is 0 Å². The van der Waals surface area contributed by atoms with Crippen LogP contribution in [0.25, 0.3) is 33.1 Å². The summed E-state index contributed by atoms with van der Waals surface area (Å²) in [5.74, 6) is 0. The van der Waals surface area contributed by atoms with Crippen molar-refractivity contribution in [2.75, 3.05) is 0 Å². The van der Waals surface area contributed by atoms with Gasteiger partial charge in [-0.3, -0.25) is 4.98 Å². The topological polar surface area (TPSA) is 46.0 Å². The molecule has 22 heavy (non-hydrogen) atoms. The Hall–Kier alpha value is -2.78. The first-order valence-electron chi connectivity index (χ1n) is 7.20. The molecule has 3 nitrogen and oxygen atoms in total. The highest BCUT2D eigenvalue weighted by Gasteiger charge is 2.12. The number of aliphatic hydroxyl groups excluding tert-OH is 1. The standard InChI is InChI=1S/C19H14N2O/c22-12-15-11-14-5-1-2-9-17(14)21-19(15)16-8-3-6-13-7-4-10-20-18(13)16/h1-11,22H,12H2. The molecule has 0 aliphatic carbocycles. The van der Waals surface area contributed by atoms with Crippen molar-refractivity contribution >= 4 is 21.8 Å². The molecule has 2 heterocycles. The summed E-state index contributed by atoms with van der Waals surface area (Å²) in [6, 6.07) is 19.9. The minimum absolute atomic E-state index is 0.0452. The van der Waals surface area contributed by atoms with Crippen LogP contribution in [-0.4, -0.2) is 15.1 Å². The van der Waals surface area contributed by atoms with Crippen molar-refractivity contribution in [3.05, 3.63) is 72.4 Å². The molecule has 0 saturated heterocycles.